The second-order valence-electron chi connectivity index (χ2n) is 4.57. The Bertz CT molecular complexity index is 541. The highest BCUT2D eigenvalue weighted by molar-refractivity contribution is 5.95. The summed E-state index contributed by atoms with van der Waals surface area (Å²) in [6.45, 7) is 6.47. The van der Waals surface area contributed by atoms with Crippen LogP contribution >= 0.6 is 0 Å². The summed E-state index contributed by atoms with van der Waals surface area (Å²) in [5, 5.41) is 7.15. The van der Waals surface area contributed by atoms with E-state index >= 15 is 0 Å². The first kappa shape index (κ1) is 12.4. The van der Waals surface area contributed by atoms with Gasteiger partial charge >= 0.3 is 0 Å². The number of hydrogen-bond donors (Lipinski definition) is 2. The van der Waals surface area contributed by atoms with Crippen molar-refractivity contribution in [1.29, 1.82) is 0 Å². The molecule has 1 atom stereocenters. The minimum atomic E-state index is -0.0514. The maximum absolute atomic E-state index is 11.9. The highest BCUT2D eigenvalue weighted by Gasteiger charge is 2.11. The lowest BCUT2D eigenvalue weighted by molar-refractivity contribution is 0.0947. The highest BCUT2D eigenvalue weighted by atomic mass is 16.1. The van der Waals surface area contributed by atoms with Crippen LogP contribution in [0.1, 0.15) is 34.6 Å². The summed E-state index contributed by atoms with van der Waals surface area (Å²) >= 11 is 0. The second-order valence-corrected chi connectivity index (χ2v) is 4.57. The molecule has 2 heterocycles. The van der Waals surface area contributed by atoms with Crippen molar-refractivity contribution in [3.8, 4) is 0 Å². The van der Waals surface area contributed by atoms with E-state index in [4.69, 9.17) is 0 Å². The molecule has 0 radical (unpaired) electrons. The van der Waals surface area contributed by atoms with Crippen molar-refractivity contribution in [2.24, 2.45) is 0 Å². The van der Waals surface area contributed by atoms with Gasteiger partial charge in [0.15, 0.2) is 0 Å². The summed E-state index contributed by atoms with van der Waals surface area (Å²) in [6, 6.07) is 1.93. The Morgan fingerprint density at radius 3 is 2.89 bits per heavy atom. The first-order valence-electron chi connectivity index (χ1n) is 6.01. The molecular formula is C13H18N4O. The summed E-state index contributed by atoms with van der Waals surface area (Å²) in [7, 11) is 0. The van der Waals surface area contributed by atoms with Gasteiger partial charge in [0, 0.05) is 24.6 Å². The molecule has 2 aromatic heterocycles. The van der Waals surface area contributed by atoms with Gasteiger partial charge in [-0.1, -0.05) is 0 Å². The van der Waals surface area contributed by atoms with E-state index in [-0.39, 0.29) is 11.9 Å². The fourth-order valence-electron chi connectivity index (χ4n) is 1.80. The zero-order valence-corrected chi connectivity index (χ0v) is 10.9. The summed E-state index contributed by atoms with van der Waals surface area (Å²) < 4.78 is 1.86. The maximum atomic E-state index is 11.9. The Labute approximate surface area is 106 Å². The first-order chi connectivity index (χ1) is 8.58. The Kier molecular flexibility index (Phi) is 3.50. The molecule has 0 spiro atoms. The first-order valence-corrected chi connectivity index (χ1v) is 6.01. The molecule has 0 unspecified atom stereocenters. The molecule has 0 saturated carbocycles. The summed E-state index contributed by atoms with van der Waals surface area (Å²) in [5.41, 5.74) is 2.70. The molecule has 0 aliphatic carbocycles. The largest absolute Gasteiger partial charge is 0.365 e. The lowest BCUT2D eigenvalue weighted by Crippen LogP contribution is -2.29. The zero-order chi connectivity index (χ0) is 13.1. The van der Waals surface area contributed by atoms with Crippen LogP contribution in [-0.2, 0) is 0 Å². The van der Waals surface area contributed by atoms with Crippen molar-refractivity contribution in [3.05, 3.63) is 41.5 Å². The average molecular weight is 246 g/mol. The maximum Gasteiger partial charge on any atom is 0.253 e. The highest BCUT2D eigenvalue weighted by Crippen LogP contribution is 2.07. The molecule has 96 valence electrons. The number of H-pyrrole nitrogens is 1. The van der Waals surface area contributed by atoms with Gasteiger partial charge in [-0.15, -0.1) is 0 Å². The van der Waals surface area contributed by atoms with Crippen LogP contribution in [0.5, 0.6) is 0 Å². The number of hydrogen-bond acceptors (Lipinski definition) is 2. The standard InChI is InChI=1S/C13H18N4O/c1-9-6-16-17(8-9)10(2)7-15-13(18)12-4-5-14-11(12)3/h4-6,8,10,14H,7H2,1-3H3,(H,15,18)/t10-/m0/s1. The van der Waals surface area contributed by atoms with E-state index in [0.29, 0.717) is 12.1 Å². The quantitative estimate of drug-likeness (QED) is 0.864. The molecule has 0 bridgehead atoms. The van der Waals surface area contributed by atoms with Crippen LogP contribution in [0.2, 0.25) is 0 Å². The van der Waals surface area contributed by atoms with Gasteiger partial charge in [-0.3, -0.25) is 9.48 Å². The van der Waals surface area contributed by atoms with E-state index < -0.39 is 0 Å². The van der Waals surface area contributed by atoms with E-state index in [0.717, 1.165) is 11.3 Å². The molecule has 2 rings (SSSR count). The zero-order valence-electron chi connectivity index (χ0n) is 10.9. The number of aromatic amines is 1. The number of carbonyl (C=O) groups is 1. The Morgan fingerprint density at radius 2 is 2.33 bits per heavy atom. The molecule has 0 saturated heterocycles. The fraction of sp³-hybridized carbons (Fsp3) is 0.385. The van der Waals surface area contributed by atoms with Gasteiger partial charge in [-0.2, -0.15) is 5.10 Å². The molecule has 1 amide bonds. The predicted molar refractivity (Wildman–Crippen MR) is 69.5 cm³/mol. The van der Waals surface area contributed by atoms with Gasteiger partial charge < -0.3 is 10.3 Å². The van der Waals surface area contributed by atoms with Gasteiger partial charge in [0.2, 0.25) is 0 Å². The predicted octanol–water partition coefficient (Wildman–Crippen LogP) is 1.82. The number of aromatic nitrogens is 3. The van der Waals surface area contributed by atoms with Crippen molar-refractivity contribution in [1.82, 2.24) is 20.1 Å². The third kappa shape index (κ3) is 2.61. The molecule has 0 aliphatic heterocycles. The number of carbonyl (C=O) groups excluding carboxylic acids is 1. The van der Waals surface area contributed by atoms with Gasteiger partial charge in [-0.25, -0.2) is 0 Å². The summed E-state index contributed by atoms with van der Waals surface area (Å²) in [6.07, 6.45) is 5.55. The number of aryl methyl sites for hydroxylation is 2. The molecule has 2 N–H and O–H groups in total. The molecule has 5 nitrogen and oxygen atoms in total. The SMILES string of the molecule is Cc1cnn([C@@H](C)CNC(=O)c2cc[nH]c2C)c1. The summed E-state index contributed by atoms with van der Waals surface area (Å²) in [4.78, 5) is 14.9. The smallest absolute Gasteiger partial charge is 0.253 e. The van der Waals surface area contributed by atoms with Crippen LogP contribution in [0.15, 0.2) is 24.7 Å². The van der Waals surface area contributed by atoms with Gasteiger partial charge in [0.25, 0.3) is 5.91 Å². The number of rotatable bonds is 4. The average Bonchev–Trinajstić information content (AvgIpc) is 2.94. The number of amides is 1. The molecule has 0 aromatic carbocycles. The van der Waals surface area contributed by atoms with Crippen molar-refractivity contribution in [3.63, 3.8) is 0 Å². The molecular weight excluding hydrogens is 228 g/mol. The third-order valence-corrected chi connectivity index (χ3v) is 2.94. The van der Waals surface area contributed by atoms with Crippen LogP contribution in [0.25, 0.3) is 0 Å². The molecule has 18 heavy (non-hydrogen) atoms. The van der Waals surface area contributed by atoms with Gasteiger partial charge in [0.05, 0.1) is 17.8 Å². The summed E-state index contributed by atoms with van der Waals surface area (Å²) in [5.74, 6) is -0.0514. The lowest BCUT2D eigenvalue weighted by atomic mass is 10.2. The minimum Gasteiger partial charge on any atom is -0.365 e. The lowest BCUT2D eigenvalue weighted by Gasteiger charge is -2.13. The van der Waals surface area contributed by atoms with E-state index in [1.54, 1.807) is 12.3 Å². The van der Waals surface area contributed by atoms with Crippen molar-refractivity contribution in [2.45, 2.75) is 26.8 Å². The number of nitrogens with zero attached hydrogens (tertiary/aromatic N) is 2. The third-order valence-electron chi connectivity index (χ3n) is 2.94. The van der Waals surface area contributed by atoms with Gasteiger partial charge in [0.1, 0.15) is 0 Å². The fourth-order valence-corrected chi connectivity index (χ4v) is 1.80. The van der Waals surface area contributed by atoms with Crippen molar-refractivity contribution < 1.29 is 4.79 Å². The van der Waals surface area contributed by atoms with E-state index in [1.165, 1.54) is 0 Å². The normalized spacial score (nSPS) is 12.4. The monoisotopic (exact) mass is 246 g/mol. The Morgan fingerprint density at radius 1 is 1.56 bits per heavy atom. The van der Waals surface area contributed by atoms with Crippen LogP contribution < -0.4 is 5.32 Å². The van der Waals surface area contributed by atoms with Gasteiger partial charge in [-0.05, 0) is 32.4 Å². The van der Waals surface area contributed by atoms with Crippen molar-refractivity contribution in [2.75, 3.05) is 6.54 Å². The van der Waals surface area contributed by atoms with Crippen LogP contribution in [0, 0.1) is 13.8 Å². The van der Waals surface area contributed by atoms with Crippen LogP contribution in [0.3, 0.4) is 0 Å². The van der Waals surface area contributed by atoms with E-state index in [9.17, 15) is 4.79 Å². The minimum absolute atomic E-state index is 0.0514. The van der Waals surface area contributed by atoms with Crippen LogP contribution in [0.4, 0.5) is 0 Å². The topological polar surface area (TPSA) is 62.7 Å². The molecule has 0 aliphatic rings. The second kappa shape index (κ2) is 5.08. The van der Waals surface area contributed by atoms with Crippen LogP contribution in [-0.4, -0.2) is 27.2 Å². The molecule has 0 fully saturated rings. The van der Waals surface area contributed by atoms with Crippen molar-refractivity contribution >= 4 is 5.91 Å². The van der Waals surface area contributed by atoms with E-state index in [2.05, 4.69) is 15.4 Å². The van der Waals surface area contributed by atoms with E-state index in [1.807, 2.05) is 37.8 Å². The molecule has 5 heteroatoms. The molecule has 2 aromatic rings. The Hall–Kier alpha value is -2.04. The number of nitrogens with one attached hydrogen (secondary N) is 2. The Balaban J connectivity index is 1.92.